The summed E-state index contributed by atoms with van der Waals surface area (Å²) < 4.78 is 2.26. The van der Waals surface area contributed by atoms with Gasteiger partial charge in [-0.25, -0.2) is 4.98 Å². The molecule has 1 aliphatic rings. The van der Waals surface area contributed by atoms with E-state index in [1.165, 1.54) is 11.1 Å². The predicted octanol–water partition coefficient (Wildman–Crippen LogP) is 6.41. The van der Waals surface area contributed by atoms with Crippen molar-refractivity contribution in [1.82, 2.24) is 14.9 Å². The monoisotopic (exact) mass is 520 g/mol. The summed E-state index contributed by atoms with van der Waals surface area (Å²) in [6.07, 6.45) is 2.86. The van der Waals surface area contributed by atoms with Crippen molar-refractivity contribution in [1.29, 1.82) is 0 Å². The molecule has 5 rings (SSSR count). The van der Waals surface area contributed by atoms with E-state index in [1.54, 1.807) is 0 Å². The molecular formula is C29H30Cl2N4O. The fourth-order valence-corrected chi connectivity index (χ4v) is 5.15. The Labute approximate surface area is 223 Å². The van der Waals surface area contributed by atoms with Gasteiger partial charge in [0.15, 0.2) is 5.82 Å². The van der Waals surface area contributed by atoms with Gasteiger partial charge in [0.1, 0.15) is 5.69 Å². The van der Waals surface area contributed by atoms with Gasteiger partial charge in [0.2, 0.25) is 0 Å². The zero-order chi connectivity index (χ0) is 24.5. The minimum atomic E-state index is -0.195. The second-order valence-corrected chi connectivity index (χ2v) is 9.53. The van der Waals surface area contributed by atoms with Gasteiger partial charge in [0.25, 0.3) is 5.91 Å². The van der Waals surface area contributed by atoms with Gasteiger partial charge in [-0.2, -0.15) is 0 Å². The highest BCUT2D eigenvalue weighted by Crippen LogP contribution is 2.35. The summed E-state index contributed by atoms with van der Waals surface area (Å²) in [6, 6.07) is 18.0. The van der Waals surface area contributed by atoms with Gasteiger partial charge in [0.05, 0.1) is 5.52 Å². The molecule has 0 aliphatic carbocycles. The number of pyridine rings is 1. The molecule has 0 unspecified atom stereocenters. The summed E-state index contributed by atoms with van der Waals surface area (Å²) in [5.74, 6) is 0.655. The molecule has 0 radical (unpaired) electrons. The van der Waals surface area contributed by atoms with E-state index in [4.69, 9.17) is 16.6 Å². The Morgan fingerprint density at radius 1 is 1.14 bits per heavy atom. The van der Waals surface area contributed by atoms with Crippen molar-refractivity contribution in [2.24, 2.45) is 0 Å². The molecule has 5 nitrogen and oxygen atoms in total. The molecule has 0 saturated heterocycles. The highest BCUT2D eigenvalue weighted by atomic mass is 35.5. The highest BCUT2D eigenvalue weighted by Gasteiger charge is 2.25. The first-order chi connectivity index (χ1) is 17.0. The second kappa shape index (κ2) is 10.8. The lowest BCUT2D eigenvalue weighted by Gasteiger charge is -2.31. The normalized spacial score (nSPS) is 12.7. The molecule has 0 atom stereocenters. The van der Waals surface area contributed by atoms with Gasteiger partial charge >= 0.3 is 0 Å². The van der Waals surface area contributed by atoms with E-state index < -0.39 is 0 Å². The number of fused-ring (bicyclic) bond motifs is 2. The third-order valence-electron chi connectivity index (χ3n) is 6.91. The van der Waals surface area contributed by atoms with Crippen molar-refractivity contribution < 1.29 is 4.79 Å². The maximum Gasteiger partial charge on any atom is 0.270 e. The van der Waals surface area contributed by atoms with Crippen LogP contribution in [0.25, 0.3) is 10.9 Å². The number of nitrogens with one attached hydrogen (secondary N) is 1. The number of hydrogen-bond acceptors (Lipinski definition) is 3. The van der Waals surface area contributed by atoms with Crippen molar-refractivity contribution in [3.05, 3.63) is 106 Å². The zero-order valence-corrected chi connectivity index (χ0v) is 22.1. The molecule has 1 aliphatic heterocycles. The SMILES string of the molecule is C=CCn1c(C)c(C)c2cc(C(=O)NCc3cccc(Cl)c3)nc(N3CCc4ccccc4C3)c21.Cl. The summed E-state index contributed by atoms with van der Waals surface area (Å²) in [5.41, 5.74) is 7.44. The molecule has 7 heteroatoms. The van der Waals surface area contributed by atoms with Crippen LogP contribution in [-0.4, -0.2) is 22.0 Å². The molecule has 1 amide bonds. The first-order valence-electron chi connectivity index (χ1n) is 11.9. The summed E-state index contributed by atoms with van der Waals surface area (Å²) >= 11 is 6.11. The van der Waals surface area contributed by atoms with Gasteiger partial charge in [-0.05, 0) is 60.7 Å². The van der Waals surface area contributed by atoms with Crippen molar-refractivity contribution in [2.75, 3.05) is 11.4 Å². The van der Waals surface area contributed by atoms with Crippen LogP contribution in [0.2, 0.25) is 5.02 Å². The maximum atomic E-state index is 13.3. The summed E-state index contributed by atoms with van der Waals surface area (Å²) in [7, 11) is 0. The molecule has 186 valence electrons. The third-order valence-corrected chi connectivity index (χ3v) is 7.15. The molecule has 2 aromatic heterocycles. The van der Waals surface area contributed by atoms with Crippen LogP contribution < -0.4 is 10.2 Å². The van der Waals surface area contributed by atoms with E-state index in [9.17, 15) is 4.79 Å². The average molecular weight is 521 g/mol. The van der Waals surface area contributed by atoms with Crippen LogP contribution in [0.15, 0.2) is 67.3 Å². The van der Waals surface area contributed by atoms with Crippen molar-refractivity contribution in [2.45, 2.75) is 39.9 Å². The molecular weight excluding hydrogens is 491 g/mol. The summed E-state index contributed by atoms with van der Waals surface area (Å²) in [4.78, 5) is 20.5. The molecule has 0 fully saturated rings. The number of aryl methyl sites for hydroxylation is 1. The Balaban J connectivity index is 0.00000304. The molecule has 1 N–H and O–H groups in total. The van der Waals surface area contributed by atoms with E-state index in [2.05, 4.69) is 59.5 Å². The van der Waals surface area contributed by atoms with Crippen molar-refractivity contribution in [3.8, 4) is 0 Å². The second-order valence-electron chi connectivity index (χ2n) is 9.09. The van der Waals surface area contributed by atoms with Crippen LogP contribution in [0.3, 0.4) is 0 Å². The number of rotatable bonds is 6. The fourth-order valence-electron chi connectivity index (χ4n) is 4.93. The van der Waals surface area contributed by atoms with Gasteiger partial charge < -0.3 is 14.8 Å². The van der Waals surface area contributed by atoms with E-state index >= 15 is 0 Å². The Bertz CT molecular complexity index is 1440. The molecule has 0 saturated carbocycles. The predicted molar refractivity (Wildman–Crippen MR) is 150 cm³/mol. The molecule has 3 heterocycles. The number of aromatic nitrogens is 2. The molecule has 0 bridgehead atoms. The number of nitrogens with zero attached hydrogens (tertiary/aromatic N) is 3. The number of allylic oxidation sites excluding steroid dienone is 1. The number of carbonyl (C=O) groups excluding carboxylic acids is 1. The van der Waals surface area contributed by atoms with Crippen molar-refractivity contribution >= 4 is 46.6 Å². The van der Waals surface area contributed by atoms with Crippen LogP contribution in [0, 0.1) is 13.8 Å². The lowest BCUT2D eigenvalue weighted by atomic mass is 10.00. The number of hydrogen-bond donors (Lipinski definition) is 1. The number of anilines is 1. The Morgan fingerprint density at radius 3 is 2.67 bits per heavy atom. The fraction of sp³-hybridized carbons (Fsp3) is 0.241. The molecule has 0 spiro atoms. The minimum Gasteiger partial charge on any atom is -0.350 e. The Hall–Kier alpha value is -3.28. The quantitative estimate of drug-likeness (QED) is 0.299. The Kier molecular flexibility index (Phi) is 7.72. The van der Waals surface area contributed by atoms with Crippen molar-refractivity contribution in [3.63, 3.8) is 0 Å². The maximum absolute atomic E-state index is 13.3. The van der Waals surface area contributed by atoms with Crippen LogP contribution in [0.1, 0.15) is 38.4 Å². The highest BCUT2D eigenvalue weighted by molar-refractivity contribution is 6.30. The van der Waals surface area contributed by atoms with E-state index in [-0.39, 0.29) is 18.3 Å². The van der Waals surface area contributed by atoms with Crippen LogP contribution in [0.4, 0.5) is 5.82 Å². The first kappa shape index (κ1) is 25.8. The van der Waals surface area contributed by atoms with Gasteiger partial charge in [0, 0.05) is 42.3 Å². The third kappa shape index (κ3) is 4.86. The van der Waals surface area contributed by atoms with E-state index in [1.807, 2.05) is 36.4 Å². The molecule has 4 aromatic rings. The molecule has 36 heavy (non-hydrogen) atoms. The van der Waals surface area contributed by atoms with Crippen LogP contribution in [0.5, 0.6) is 0 Å². The number of halogens is 2. The number of benzene rings is 2. The summed E-state index contributed by atoms with van der Waals surface area (Å²) in [6.45, 7) is 10.9. The number of amides is 1. The number of carbonyl (C=O) groups is 1. The first-order valence-corrected chi connectivity index (χ1v) is 12.3. The van der Waals surface area contributed by atoms with E-state index in [0.717, 1.165) is 53.1 Å². The average Bonchev–Trinajstić information content (AvgIpc) is 3.11. The zero-order valence-electron chi connectivity index (χ0n) is 20.6. The Morgan fingerprint density at radius 2 is 1.92 bits per heavy atom. The van der Waals surface area contributed by atoms with E-state index in [0.29, 0.717) is 23.8 Å². The standard InChI is InChI=1S/C29H29ClN4O.ClH/c1-4-13-34-20(3)19(2)25-16-26(29(35)31-17-21-8-7-11-24(30)15-21)32-28(27(25)34)33-14-12-22-9-5-6-10-23(22)18-33;/h4-11,15-16H,1,12-14,17-18H2,2-3H3,(H,31,35);1H. The lowest BCUT2D eigenvalue weighted by Crippen LogP contribution is -2.32. The van der Waals surface area contributed by atoms with Gasteiger partial charge in [-0.15, -0.1) is 19.0 Å². The largest absolute Gasteiger partial charge is 0.350 e. The van der Waals surface area contributed by atoms with Gasteiger partial charge in [-0.3, -0.25) is 4.79 Å². The topological polar surface area (TPSA) is 50.2 Å². The lowest BCUT2D eigenvalue weighted by molar-refractivity contribution is 0.0946. The van der Waals surface area contributed by atoms with Crippen LogP contribution >= 0.6 is 24.0 Å². The van der Waals surface area contributed by atoms with Crippen LogP contribution in [-0.2, 0) is 26.1 Å². The van der Waals surface area contributed by atoms with Gasteiger partial charge in [-0.1, -0.05) is 54.1 Å². The smallest absolute Gasteiger partial charge is 0.270 e. The minimum absolute atomic E-state index is 0. The summed E-state index contributed by atoms with van der Waals surface area (Å²) in [5, 5.41) is 4.73. The molecule has 2 aromatic carbocycles.